The molecular formula is C17H14F2N2OS. The van der Waals surface area contributed by atoms with Crippen molar-refractivity contribution < 1.29 is 13.6 Å². The van der Waals surface area contributed by atoms with E-state index in [2.05, 4.69) is 11.9 Å². The molecule has 0 aliphatic carbocycles. The largest absolute Gasteiger partial charge is 0.347 e. The van der Waals surface area contributed by atoms with E-state index in [9.17, 15) is 13.6 Å². The molecule has 0 spiro atoms. The molecule has 0 aliphatic heterocycles. The highest BCUT2D eigenvalue weighted by atomic mass is 32.1. The van der Waals surface area contributed by atoms with Gasteiger partial charge < -0.3 is 9.88 Å². The molecule has 3 nitrogen and oxygen atoms in total. The average molecular weight is 332 g/mol. The fourth-order valence-corrected chi connectivity index (χ4v) is 3.23. The van der Waals surface area contributed by atoms with E-state index in [-0.39, 0.29) is 12.5 Å². The normalized spacial score (nSPS) is 10.9. The first-order valence-electron chi connectivity index (χ1n) is 7.00. The first-order chi connectivity index (χ1) is 11.1. The number of hydrogen-bond donors (Lipinski definition) is 1. The van der Waals surface area contributed by atoms with Crippen molar-refractivity contribution in [3.8, 4) is 0 Å². The number of carbonyl (C=O) groups excluding carboxylic acids is 1. The van der Waals surface area contributed by atoms with Crippen LogP contribution in [0.2, 0.25) is 0 Å². The van der Waals surface area contributed by atoms with Crippen molar-refractivity contribution >= 4 is 27.5 Å². The lowest BCUT2D eigenvalue weighted by molar-refractivity contribution is 0.0949. The minimum Gasteiger partial charge on any atom is -0.347 e. The van der Waals surface area contributed by atoms with Crippen LogP contribution in [-0.4, -0.2) is 17.0 Å². The Morgan fingerprint density at radius 3 is 2.83 bits per heavy atom. The molecule has 2 aromatic heterocycles. The van der Waals surface area contributed by atoms with E-state index in [1.165, 1.54) is 17.4 Å². The highest BCUT2D eigenvalue weighted by Gasteiger charge is 2.16. The maximum atomic E-state index is 13.4. The lowest BCUT2D eigenvalue weighted by Crippen LogP contribution is -2.26. The number of nitrogens with one attached hydrogen (secondary N) is 1. The Morgan fingerprint density at radius 2 is 2.09 bits per heavy atom. The molecule has 118 valence electrons. The average Bonchev–Trinajstić information content (AvgIpc) is 3.11. The topological polar surface area (TPSA) is 34.0 Å². The van der Waals surface area contributed by atoms with E-state index in [1.54, 1.807) is 16.7 Å². The van der Waals surface area contributed by atoms with Crippen molar-refractivity contribution in [3.63, 3.8) is 0 Å². The molecule has 1 aromatic carbocycles. The number of hydrogen-bond acceptors (Lipinski definition) is 2. The maximum absolute atomic E-state index is 13.4. The predicted octanol–water partition coefficient (Wildman–Crippen LogP) is 3.95. The zero-order valence-electron chi connectivity index (χ0n) is 12.2. The molecule has 0 radical (unpaired) electrons. The number of nitrogens with zero attached hydrogens (tertiary/aromatic N) is 1. The van der Waals surface area contributed by atoms with Crippen molar-refractivity contribution in [1.82, 2.24) is 9.88 Å². The van der Waals surface area contributed by atoms with Gasteiger partial charge in [-0.3, -0.25) is 4.79 Å². The number of fused-ring (bicyclic) bond motifs is 1. The van der Waals surface area contributed by atoms with Gasteiger partial charge in [-0.25, -0.2) is 8.78 Å². The molecule has 0 aliphatic rings. The number of rotatable bonds is 5. The standard InChI is InChI=1S/C17H14F2N2OS/c1-2-6-20-17(22)15-9-16-14(5-7-23-16)21(15)10-11-3-4-12(18)13(19)8-11/h2-5,7-9H,1,6,10H2,(H,20,22). The molecule has 0 atom stereocenters. The molecule has 6 heteroatoms. The molecule has 23 heavy (non-hydrogen) atoms. The van der Waals surface area contributed by atoms with Gasteiger partial charge in [0.05, 0.1) is 10.2 Å². The Labute approximate surface area is 135 Å². The Balaban J connectivity index is 2.00. The smallest absolute Gasteiger partial charge is 0.268 e. The molecule has 0 bridgehead atoms. The first kappa shape index (κ1) is 15.4. The second-order valence-electron chi connectivity index (χ2n) is 5.03. The molecule has 3 aromatic rings. The number of carbonyl (C=O) groups is 1. The van der Waals surface area contributed by atoms with E-state index in [0.29, 0.717) is 17.8 Å². The Hall–Kier alpha value is -2.47. The molecule has 1 N–H and O–H groups in total. The van der Waals surface area contributed by atoms with Crippen LogP contribution in [-0.2, 0) is 6.54 Å². The summed E-state index contributed by atoms with van der Waals surface area (Å²) in [5.41, 5.74) is 1.97. The molecule has 1 amide bonds. The van der Waals surface area contributed by atoms with Gasteiger partial charge in [-0.05, 0) is 35.2 Å². The van der Waals surface area contributed by atoms with E-state index >= 15 is 0 Å². The van der Waals surface area contributed by atoms with Gasteiger partial charge in [0, 0.05) is 13.1 Å². The summed E-state index contributed by atoms with van der Waals surface area (Å²) in [5.74, 6) is -2.00. The highest BCUT2D eigenvalue weighted by molar-refractivity contribution is 7.17. The van der Waals surface area contributed by atoms with E-state index in [0.717, 1.165) is 22.3 Å². The molecule has 0 fully saturated rings. The monoisotopic (exact) mass is 332 g/mol. The van der Waals surface area contributed by atoms with Crippen LogP contribution in [0.15, 0.2) is 48.4 Å². The fraction of sp³-hybridized carbons (Fsp3) is 0.118. The molecule has 3 rings (SSSR count). The molecule has 2 heterocycles. The van der Waals surface area contributed by atoms with Crippen LogP contribution in [0.1, 0.15) is 16.1 Å². The minimum atomic E-state index is -0.895. The second-order valence-corrected chi connectivity index (χ2v) is 5.98. The van der Waals surface area contributed by atoms with Crippen LogP contribution in [0.4, 0.5) is 8.78 Å². The Bertz CT molecular complexity index is 882. The summed E-state index contributed by atoms with van der Waals surface area (Å²) in [6, 6.07) is 7.47. The highest BCUT2D eigenvalue weighted by Crippen LogP contribution is 2.26. The van der Waals surface area contributed by atoms with Gasteiger partial charge >= 0.3 is 0 Å². The third kappa shape index (κ3) is 3.03. The first-order valence-corrected chi connectivity index (χ1v) is 7.88. The second kappa shape index (κ2) is 6.34. The SMILES string of the molecule is C=CCNC(=O)c1cc2sccc2n1Cc1ccc(F)c(F)c1. The summed E-state index contributed by atoms with van der Waals surface area (Å²) in [6.07, 6.45) is 1.60. The van der Waals surface area contributed by atoms with Gasteiger partial charge in [-0.1, -0.05) is 12.1 Å². The van der Waals surface area contributed by atoms with Gasteiger partial charge in [0.2, 0.25) is 0 Å². The molecule has 0 unspecified atom stereocenters. The summed E-state index contributed by atoms with van der Waals surface area (Å²) in [7, 11) is 0. The number of halogens is 2. The summed E-state index contributed by atoms with van der Waals surface area (Å²) in [5, 5.41) is 4.67. The number of aromatic nitrogens is 1. The predicted molar refractivity (Wildman–Crippen MR) is 87.8 cm³/mol. The lowest BCUT2D eigenvalue weighted by Gasteiger charge is -2.10. The van der Waals surface area contributed by atoms with Crippen LogP contribution in [0.3, 0.4) is 0 Å². The van der Waals surface area contributed by atoms with Crippen molar-refractivity contribution in [2.24, 2.45) is 0 Å². The van der Waals surface area contributed by atoms with Gasteiger partial charge in [-0.2, -0.15) is 0 Å². The fourth-order valence-electron chi connectivity index (χ4n) is 2.41. The van der Waals surface area contributed by atoms with Crippen LogP contribution >= 0.6 is 11.3 Å². The van der Waals surface area contributed by atoms with Gasteiger partial charge in [0.1, 0.15) is 5.69 Å². The van der Waals surface area contributed by atoms with Crippen molar-refractivity contribution in [2.45, 2.75) is 6.54 Å². The van der Waals surface area contributed by atoms with E-state index < -0.39 is 11.6 Å². The number of thiophene rings is 1. The summed E-state index contributed by atoms with van der Waals surface area (Å²) in [6.45, 7) is 4.22. The van der Waals surface area contributed by atoms with Crippen molar-refractivity contribution in [1.29, 1.82) is 0 Å². The van der Waals surface area contributed by atoms with E-state index in [4.69, 9.17) is 0 Å². The van der Waals surface area contributed by atoms with Crippen LogP contribution < -0.4 is 5.32 Å². The zero-order chi connectivity index (χ0) is 16.4. The van der Waals surface area contributed by atoms with Crippen LogP contribution in [0, 0.1) is 11.6 Å². The lowest BCUT2D eigenvalue weighted by atomic mass is 10.2. The zero-order valence-corrected chi connectivity index (χ0v) is 13.0. The van der Waals surface area contributed by atoms with Gasteiger partial charge in [0.15, 0.2) is 11.6 Å². The summed E-state index contributed by atoms with van der Waals surface area (Å²) in [4.78, 5) is 12.3. The molecule has 0 saturated heterocycles. The van der Waals surface area contributed by atoms with Crippen LogP contribution in [0.25, 0.3) is 10.2 Å². The molecule has 0 saturated carbocycles. The van der Waals surface area contributed by atoms with Gasteiger partial charge in [0.25, 0.3) is 5.91 Å². The Kier molecular flexibility index (Phi) is 4.25. The van der Waals surface area contributed by atoms with Gasteiger partial charge in [-0.15, -0.1) is 17.9 Å². The van der Waals surface area contributed by atoms with E-state index in [1.807, 2.05) is 11.4 Å². The third-order valence-corrected chi connectivity index (χ3v) is 4.34. The number of benzene rings is 1. The van der Waals surface area contributed by atoms with Crippen molar-refractivity contribution in [3.05, 3.63) is 71.3 Å². The maximum Gasteiger partial charge on any atom is 0.268 e. The number of amides is 1. The third-order valence-electron chi connectivity index (χ3n) is 3.49. The summed E-state index contributed by atoms with van der Waals surface area (Å²) < 4.78 is 29.3. The minimum absolute atomic E-state index is 0.226. The Morgan fingerprint density at radius 1 is 1.26 bits per heavy atom. The molecular weight excluding hydrogens is 318 g/mol. The summed E-state index contributed by atoms with van der Waals surface area (Å²) >= 11 is 1.52. The quantitative estimate of drug-likeness (QED) is 0.706. The van der Waals surface area contributed by atoms with Crippen molar-refractivity contribution in [2.75, 3.05) is 6.54 Å². The van der Waals surface area contributed by atoms with Crippen LogP contribution in [0.5, 0.6) is 0 Å².